The van der Waals surface area contributed by atoms with E-state index in [1.807, 2.05) is 18.2 Å². The lowest BCUT2D eigenvalue weighted by atomic mass is 10.2. The molecule has 0 atom stereocenters. The number of hydrogen-bond acceptors (Lipinski definition) is 6. The molecule has 0 aliphatic heterocycles. The van der Waals surface area contributed by atoms with Crippen molar-refractivity contribution in [3.63, 3.8) is 0 Å². The number of carbonyl (C=O) groups excluding carboxylic acids is 1. The van der Waals surface area contributed by atoms with Crippen molar-refractivity contribution in [3.05, 3.63) is 45.5 Å². The number of rotatable bonds is 8. The summed E-state index contributed by atoms with van der Waals surface area (Å²) in [6.07, 6.45) is 4.52. The molecule has 2 heterocycles. The quantitative estimate of drug-likeness (QED) is 0.634. The summed E-state index contributed by atoms with van der Waals surface area (Å²) in [6, 6.07) is 7.22. The third-order valence-corrected chi connectivity index (χ3v) is 4.84. The standard InChI is InChI=1S/C18H21N5O2S/c1-2-3-11-16-22-23-18(26-16)21-15(24)10-6-9-14-19-13-8-5-4-7-12(13)17(25)20-14/h4-5,7-8H,2-3,6,9-11H2,1H3,(H,19,20,25)(H,21,23,24). The first-order valence-corrected chi connectivity index (χ1v) is 9.57. The molecular formula is C18H21N5O2S. The van der Waals surface area contributed by atoms with Crippen molar-refractivity contribution in [3.8, 4) is 0 Å². The van der Waals surface area contributed by atoms with Gasteiger partial charge in [0.2, 0.25) is 11.0 Å². The van der Waals surface area contributed by atoms with Crippen LogP contribution in [0, 0.1) is 0 Å². The lowest BCUT2D eigenvalue weighted by Gasteiger charge is -2.03. The van der Waals surface area contributed by atoms with Crippen LogP contribution in [0.15, 0.2) is 29.1 Å². The van der Waals surface area contributed by atoms with E-state index in [-0.39, 0.29) is 11.5 Å². The summed E-state index contributed by atoms with van der Waals surface area (Å²) < 4.78 is 0. The summed E-state index contributed by atoms with van der Waals surface area (Å²) in [5, 5.41) is 12.9. The van der Waals surface area contributed by atoms with Crippen LogP contribution in [0.5, 0.6) is 0 Å². The number of H-pyrrole nitrogens is 1. The van der Waals surface area contributed by atoms with Gasteiger partial charge >= 0.3 is 0 Å². The van der Waals surface area contributed by atoms with E-state index in [1.54, 1.807) is 6.07 Å². The Morgan fingerprint density at radius 1 is 1.19 bits per heavy atom. The summed E-state index contributed by atoms with van der Waals surface area (Å²) in [4.78, 5) is 31.3. The Balaban J connectivity index is 1.51. The fraction of sp³-hybridized carbons (Fsp3) is 0.389. The predicted molar refractivity (Wildman–Crippen MR) is 102 cm³/mol. The van der Waals surface area contributed by atoms with Gasteiger partial charge in [-0.25, -0.2) is 4.98 Å². The topological polar surface area (TPSA) is 101 Å². The van der Waals surface area contributed by atoms with Crippen molar-refractivity contribution in [1.29, 1.82) is 0 Å². The number of aryl methyl sites for hydroxylation is 2. The minimum atomic E-state index is -0.150. The van der Waals surface area contributed by atoms with Crippen LogP contribution in [0.3, 0.4) is 0 Å². The number of para-hydroxylation sites is 1. The Bertz CT molecular complexity index is 950. The van der Waals surface area contributed by atoms with Crippen molar-refractivity contribution in [2.24, 2.45) is 0 Å². The molecule has 0 radical (unpaired) electrons. The van der Waals surface area contributed by atoms with E-state index in [1.165, 1.54) is 11.3 Å². The molecule has 136 valence electrons. The maximum absolute atomic E-state index is 12.0. The highest BCUT2D eigenvalue weighted by Gasteiger charge is 2.09. The van der Waals surface area contributed by atoms with Gasteiger partial charge in [0.05, 0.1) is 10.9 Å². The van der Waals surface area contributed by atoms with Gasteiger partial charge in [0.15, 0.2) is 0 Å². The molecule has 2 N–H and O–H groups in total. The van der Waals surface area contributed by atoms with Crippen LogP contribution >= 0.6 is 11.3 Å². The second kappa shape index (κ2) is 8.66. The molecule has 3 aromatic rings. The number of carbonyl (C=O) groups is 1. The maximum Gasteiger partial charge on any atom is 0.258 e. The number of fused-ring (bicyclic) bond motifs is 1. The Kier molecular flexibility index (Phi) is 6.06. The van der Waals surface area contributed by atoms with Crippen LogP contribution in [0.2, 0.25) is 0 Å². The minimum Gasteiger partial charge on any atom is -0.310 e. The van der Waals surface area contributed by atoms with E-state index in [2.05, 4.69) is 32.4 Å². The number of anilines is 1. The molecule has 0 aliphatic carbocycles. The maximum atomic E-state index is 12.0. The first kappa shape index (κ1) is 18.2. The van der Waals surface area contributed by atoms with E-state index in [9.17, 15) is 9.59 Å². The minimum absolute atomic E-state index is 0.105. The average Bonchev–Trinajstić information content (AvgIpc) is 3.07. The number of aromatic nitrogens is 4. The molecule has 1 aromatic carbocycles. The van der Waals surface area contributed by atoms with Crippen molar-refractivity contribution < 1.29 is 4.79 Å². The fourth-order valence-corrected chi connectivity index (χ4v) is 3.38. The van der Waals surface area contributed by atoms with Gasteiger partial charge in [-0.2, -0.15) is 0 Å². The van der Waals surface area contributed by atoms with Crippen LogP contribution in [0.1, 0.15) is 43.4 Å². The zero-order valence-corrected chi connectivity index (χ0v) is 15.4. The predicted octanol–water partition coefficient (Wildman–Crippen LogP) is 3.08. The molecule has 0 unspecified atom stereocenters. The van der Waals surface area contributed by atoms with E-state index >= 15 is 0 Å². The number of unbranched alkanes of at least 4 members (excludes halogenated alkanes) is 1. The van der Waals surface area contributed by atoms with Crippen LogP contribution in [-0.4, -0.2) is 26.1 Å². The largest absolute Gasteiger partial charge is 0.310 e. The summed E-state index contributed by atoms with van der Waals surface area (Å²) in [5.41, 5.74) is 0.521. The SMILES string of the molecule is CCCCc1nnc(NC(=O)CCCc2nc3ccccc3c(=O)[nH]2)s1. The summed E-state index contributed by atoms with van der Waals surface area (Å²) >= 11 is 1.42. The first-order chi connectivity index (χ1) is 12.7. The van der Waals surface area contributed by atoms with Gasteiger partial charge in [0.1, 0.15) is 10.8 Å². The van der Waals surface area contributed by atoms with Gasteiger partial charge in [-0.15, -0.1) is 10.2 Å². The van der Waals surface area contributed by atoms with Gasteiger partial charge in [0, 0.05) is 19.3 Å². The number of nitrogens with zero attached hydrogens (tertiary/aromatic N) is 3. The molecule has 0 saturated heterocycles. The highest BCUT2D eigenvalue weighted by molar-refractivity contribution is 7.15. The smallest absolute Gasteiger partial charge is 0.258 e. The van der Waals surface area contributed by atoms with Gasteiger partial charge in [-0.3, -0.25) is 9.59 Å². The molecule has 3 rings (SSSR count). The van der Waals surface area contributed by atoms with E-state index in [4.69, 9.17) is 0 Å². The van der Waals surface area contributed by atoms with Crippen LogP contribution in [0.4, 0.5) is 5.13 Å². The van der Waals surface area contributed by atoms with Gasteiger partial charge in [-0.05, 0) is 25.0 Å². The molecule has 8 heteroatoms. The number of benzene rings is 1. The lowest BCUT2D eigenvalue weighted by molar-refractivity contribution is -0.116. The Morgan fingerprint density at radius 3 is 2.88 bits per heavy atom. The molecule has 0 spiro atoms. The molecule has 0 fully saturated rings. The van der Waals surface area contributed by atoms with Crippen LogP contribution in [0.25, 0.3) is 10.9 Å². The summed E-state index contributed by atoms with van der Waals surface area (Å²) in [5.74, 6) is 0.491. The fourth-order valence-electron chi connectivity index (χ4n) is 2.58. The van der Waals surface area contributed by atoms with E-state index < -0.39 is 0 Å². The van der Waals surface area contributed by atoms with Crippen molar-refractivity contribution in [2.75, 3.05) is 5.32 Å². The zero-order chi connectivity index (χ0) is 18.4. The first-order valence-electron chi connectivity index (χ1n) is 8.76. The van der Waals surface area contributed by atoms with Gasteiger partial charge in [0.25, 0.3) is 5.56 Å². The molecule has 2 aromatic heterocycles. The highest BCUT2D eigenvalue weighted by atomic mass is 32.1. The molecule has 1 amide bonds. The average molecular weight is 371 g/mol. The number of aromatic amines is 1. The van der Waals surface area contributed by atoms with Gasteiger partial charge < -0.3 is 10.3 Å². The Labute approximate surface area is 154 Å². The molecule has 0 saturated carbocycles. The van der Waals surface area contributed by atoms with Crippen molar-refractivity contribution in [1.82, 2.24) is 20.2 Å². The Morgan fingerprint density at radius 2 is 2.04 bits per heavy atom. The summed E-state index contributed by atoms with van der Waals surface area (Å²) in [7, 11) is 0. The second-order valence-corrected chi connectivity index (χ2v) is 7.10. The van der Waals surface area contributed by atoms with E-state index in [0.29, 0.717) is 41.1 Å². The monoisotopic (exact) mass is 371 g/mol. The molecule has 0 bridgehead atoms. The molecular weight excluding hydrogens is 350 g/mol. The molecule has 26 heavy (non-hydrogen) atoms. The van der Waals surface area contributed by atoms with Crippen LogP contribution < -0.4 is 10.9 Å². The number of amides is 1. The number of nitrogens with one attached hydrogen (secondary N) is 2. The summed E-state index contributed by atoms with van der Waals surface area (Å²) in [6.45, 7) is 2.13. The van der Waals surface area contributed by atoms with Crippen LogP contribution in [-0.2, 0) is 17.6 Å². The van der Waals surface area contributed by atoms with Crippen molar-refractivity contribution >= 4 is 33.3 Å². The third kappa shape index (κ3) is 4.72. The lowest BCUT2D eigenvalue weighted by Crippen LogP contribution is -2.14. The normalized spacial score (nSPS) is 11.0. The number of hydrogen-bond donors (Lipinski definition) is 2. The van der Waals surface area contributed by atoms with E-state index in [0.717, 1.165) is 24.3 Å². The van der Waals surface area contributed by atoms with Gasteiger partial charge in [-0.1, -0.05) is 36.8 Å². The molecule has 7 nitrogen and oxygen atoms in total. The third-order valence-electron chi connectivity index (χ3n) is 3.94. The molecule has 0 aliphatic rings. The highest BCUT2D eigenvalue weighted by Crippen LogP contribution is 2.17. The zero-order valence-electron chi connectivity index (χ0n) is 14.6. The second-order valence-electron chi connectivity index (χ2n) is 6.04. The Hall–Kier alpha value is -2.61. The van der Waals surface area contributed by atoms with Crippen molar-refractivity contribution in [2.45, 2.75) is 45.4 Å².